The molecule has 0 aliphatic rings. The summed E-state index contributed by atoms with van der Waals surface area (Å²) in [6.45, 7) is 3.74. The van der Waals surface area contributed by atoms with E-state index in [9.17, 15) is 18.0 Å². The lowest BCUT2D eigenvalue weighted by Gasteiger charge is -2.25. The molecule has 14 heteroatoms. The van der Waals surface area contributed by atoms with Crippen LogP contribution in [0.25, 0.3) is 16.9 Å². The number of pyridine rings is 1. The number of amides is 1. The summed E-state index contributed by atoms with van der Waals surface area (Å²) in [4.78, 5) is 22.5. The Morgan fingerprint density at radius 1 is 0.979 bits per heavy atom. The molecular weight excluding hydrogens is 613 g/mol. The van der Waals surface area contributed by atoms with E-state index in [1.54, 1.807) is 48.5 Å². The highest BCUT2D eigenvalue weighted by atomic mass is 19.1. The second-order valence-corrected chi connectivity index (χ2v) is 10.1. The summed E-state index contributed by atoms with van der Waals surface area (Å²) in [5.41, 5.74) is 19.8. The van der Waals surface area contributed by atoms with E-state index in [-0.39, 0.29) is 58.7 Å². The lowest BCUT2D eigenvalue weighted by Crippen LogP contribution is -2.39. The number of amidine groups is 1. The summed E-state index contributed by atoms with van der Waals surface area (Å²) in [7, 11) is 1.15. The smallest absolute Gasteiger partial charge is 0.414 e. The summed E-state index contributed by atoms with van der Waals surface area (Å²) in [5.74, 6) is -2.23. The van der Waals surface area contributed by atoms with Crippen LogP contribution in [0.2, 0.25) is 0 Å². The molecule has 2 aromatic heterocycles. The standard InChI is InChI=1S/C33H29F3N8O3/c1-19(44-27-16-22(34)17-40-29(27)26(42-44)15-21-9-3-4-11-24(21)35)41-32(39)30(31(37)38)43(33(45)46-2)18-20-8-7-10-23(14-20)47-28-13-6-5-12-25(28)36/h3-14,16-17H,1,15,18,37-38H2,2H3,(H2,39,41). The SMILES string of the molecule is C=C(/N=C(/N)C(=C(N)N)N(Cc1cccc(Oc2ccccc2F)c1)C(=O)OC)n1nc(Cc2ccccc2F)c2ncc(F)cc21. The van der Waals surface area contributed by atoms with E-state index in [4.69, 9.17) is 26.7 Å². The van der Waals surface area contributed by atoms with Crippen LogP contribution in [0.15, 0.2) is 108 Å². The predicted octanol–water partition coefficient (Wildman–Crippen LogP) is 5.37. The average Bonchev–Trinajstić information content (AvgIpc) is 3.39. The van der Waals surface area contributed by atoms with Crippen LogP contribution in [0.5, 0.6) is 11.5 Å². The molecule has 11 nitrogen and oxygen atoms in total. The number of nitrogens with two attached hydrogens (primary N) is 3. The molecule has 0 saturated heterocycles. The monoisotopic (exact) mass is 642 g/mol. The molecule has 6 N–H and O–H groups in total. The second-order valence-electron chi connectivity index (χ2n) is 10.1. The van der Waals surface area contributed by atoms with Gasteiger partial charge in [0.05, 0.1) is 31.1 Å². The number of carbonyl (C=O) groups is 1. The number of rotatable bonds is 10. The second kappa shape index (κ2) is 13.8. The quantitative estimate of drug-likeness (QED) is 0.135. The van der Waals surface area contributed by atoms with Crippen molar-refractivity contribution in [3.05, 3.63) is 137 Å². The van der Waals surface area contributed by atoms with E-state index < -0.39 is 23.5 Å². The van der Waals surface area contributed by atoms with E-state index in [0.29, 0.717) is 16.8 Å². The van der Waals surface area contributed by atoms with Crippen LogP contribution in [0, 0.1) is 17.5 Å². The molecule has 2 heterocycles. The first-order valence-electron chi connectivity index (χ1n) is 14.0. The normalized spacial score (nSPS) is 11.3. The zero-order valence-corrected chi connectivity index (χ0v) is 25.0. The molecule has 0 bridgehead atoms. The molecule has 0 aliphatic heterocycles. The van der Waals surface area contributed by atoms with E-state index in [2.05, 4.69) is 21.7 Å². The molecular formula is C33H29F3N8O3. The Morgan fingerprint density at radius 3 is 2.40 bits per heavy atom. The van der Waals surface area contributed by atoms with Gasteiger partial charge in [-0.1, -0.05) is 49.0 Å². The van der Waals surface area contributed by atoms with Crippen molar-refractivity contribution in [3.8, 4) is 11.5 Å². The van der Waals surface area contributed by atoms with Gasteiger partial charge in [0.2, 0.25) is 0 Å². The lowest BCUT2D eigenvalue weighted by atomic mass is 10.1. The molecule has 0 aliphatic carbocycles. The fourth-order valence-electron chi connectivity index (χ4n) is 4.74. The fourth-order valence-corrected chi connectivity index (χ4v) is 4.74. The van der Waals surface area contributed by atoms with Crippen molar-refractivity contribution in [2.24, 2.45) is 22.2 Å². The number of hydrogen-bond donors (Lipinski definition) is 3. The number of methoxy groups -OCH3 is 1. The third kappa shape index (κ3) is 7.17. The average molecular weight is 643 g/mol. The molecule has 0 radical (unpaired) electrons. The first kappa shape index (κ1) is 32.1. The molecule has 5 rings (SSSR count). The minimum absolute atomic E-state index is 0.00874. The zero-order chi connectivity index (χ0) is 33.7. The van der Waals surface area contributed by atoms with Gasteiger partial charge in [-0.15, -0.1) is 0 Å². The molecule has 0 fully saturated rings. The molecule has 0 unspecified atom stereocenters. The van der Waals surface area contributed by atoms with Gasteiger partial charge in [-0.05, 0) is 41.5 Å². The van der Waals surface area contributed by atoms with Crippen LogP contribution in [0.4, 0.5) is 18.0 Å². The van der Waals surface area contributed by atoms with Crippen LogP contribution in [0.1, 0.15) is 16.8 Å². The van der Waals surface area contributed by atoms with E-state index in [1.165, 1.54) is 35.0 Å². The van der Waals surface area contributed by atoms with Crippen LogP contribution in [-0.2, 0) is 17.7 Å². The number of ether oxygens (including phenoxy) is 2. The van der Waals surface area contributed by atoms with Crippen molar-refractivity contribution in [2.45, 2.75) is 13.0 Å². The molecule has 0 atom stereocenters. The van der Waals surface area contributed by atoms with Gasteiger partial charge in [-0.25, -0.2) is 32.6 Å². The molecule has 0 spiro atoms. The number of aromatic nitrogens is 3. The first-order chi connectivity index (χ1) is 22.5. The van der Waals surface area contributed by atoms with Gasteiger partial charge in [0.15, 0.2) is 17.4 Å². The largest absolute Gasteiger partial charge is 0.454 e. The number of carbonyl (C=O) groups excluding carboxylic acids is 1. The minimum atomic E-state index is -0.888. The number of hydrogen-bond acceptors (Lipinski definition) is 8. The van der Waals surface area contributed by atoms with Crippen LogP contribution in [-0.4, -0.2) is 38.7 Å². The maximum absolute atomic E-state index is 14.4. The Kier molecular flexibility index (Phi) is 9.40. The number of para-hydroxylation sites is 1. The Bertz CT molecular complexity index is 2040. The Labute approximate surface area is 267 Å². The summed E-state index contributed by atoms with van der Waals surface area (Å²) in [6, 6.07) is 19.7. The van der Waals surface area contributed by atoms with Crippen molar-refractivity contribution < 1.29 is 27.4 Å². The Morgan fingerprint density at radius 2 is 1.70 bits per heavy atom. The molecule has 3 aromatic carbocycles. The highest BCUT2D eigenvalue weighted by Crippen LogP contribution is 2.27. The van der Waals surface area contributed by atoms with Crippen molar-refractivity contribution in [1.82, 2.24) is 19.7 Å². The molecule has 1 amide bonds. The van der Waals surface area contributed by atoms with Gasteiger partial charge >= 0.3 is 6.09 Å². The minimum Gasteiger partial charge on any atom is -0.454 e. The number of halogens is 3. The van der Waals surface area contributed by atoms with Crippen molar-refractivity contribution in [1.29, 1.82) is 0 Å². The van der Waals surface area contributed by atoms with Crippen molar-refractivity contribution in [2.75, 3.05) is 7.11 Å². The molecule has 47 heavy (non-hydrogen) atoms. The van der Waals surface area contributed by atoms with Crippen LogP contribution < -0.4 is 21.9 Å². The van der Waals surface area contributed by atoms with Gasteiger partial charge in [-0.3, -0.25) is 4.90 Å². The first-order valence-corrected chi connectivity index (χ1v) is 14.0. The predicted molar refractivity (Wildman–Crippen MR) is 170 cm³/mol. The summed E-state index contributed by atoms with van der Waals surface area (Å²) in [6.07, 6.45) is 0.165. The molecule has 0 saturated carbocycles. The van der Waals surface area contributed by atoms with E-state index >= 15 is 0 Å². The van der Waals surface area contributed by atoms with Gasteiger partial charge in [0, 0.05) is 12.5 Å². The molecule has 5 aromatic rings. The van der Waals surface area contributed by atoms with E-state index in [0.717, 1.165) is 18.2 Å². The lowest BCUT2D eigenvalue weighted by molar-refractivity contribution is 0.135. The third-order valence-electron chi connectivity index (χ3n) is 6.85. The van der Waals surface area contributed by atoms with Crippen LogP contribution in [0.3, 0.4) is 0 Å². The van der Waals surface area contributed by atoms with Crippen LogP contribution >= 0.6 is 0 Å². The highest BCUT2D eigenvalue weighted by molar-refractivity contribution is 6.01. The van der Waals surface area contributed by atoms with Crippen molar-refractivity contribution in [3.63, 3.8) is 0 Å². The maximum Gasteiger partial charge on any atom is 0.414 e. The van der Waals surface area contributed by atoms with Gasteiger partial charge in [0.1, 0.15) is 40.2 Å². The Hall–Kier alpha value is -6.31. The molecule has 240 valence electrons. The fraction of sp³-hybridized carbons (Fsp3) is 0.0909. The van der Waals surface area contributed by atoms with Gasteiger partial charge in [-0.2, -0.15) is 5.10 Å². The zero-order valence-electron chi connectivity index (χ0n) is 25.0. The summed E-state index contributed by atoms with van der Waals surface area (Å²) < 4.78 is 54.7. The summed E-state index contributed by atoms with van der Waals surface area (Å²) in [5, 5.41) is 4.47. The van der Waals surface area contributed by atoms with Gasteiger partial charge < -0.3 is 26.7 Å². The third-order valence-corrected chi connectivity index (χ3v) is 6.85. The number of fused-ring (bicyclic) bond motifs is 1. The topological polar surface area (TPSA) is 160 Å². The van der Waals surface area contributed by atoms with Crippen molar-refractivity contribution >= 4 is 28.8 Å². The number of nitrogens with zero attached hydrogens (tertiary/aromatic N) is 5. The number of aliphatic imine (C=N–C) groups is 1. The number of benzene rings is 3. The highest BCUT2D eigenvalue weighted by Gasteiger charge is 2.26. The van der Waals surface area contributed by atoms with E-state index in [1.807, 2.05) is 0 Å². The van der Waals surface area contributed by atoms with Gasteiger partial charge in [0.25, 0.3) is 0 Å². The summed E-state index contributed by atoms with van der Waals surface area (Å²) >= 11 is 0. The maximum atomic E-state index is 14.4. The Balaban J connectivity index is 1.47.